The highest BCUT2D eigenvalue weighted by Crippen LogP contribution is 2.34. The molecule has 0 fully saturated rings. The van der Waals surface area contributed by atoms with Gasteiger partial charge in [-0.1, -0.05) is 29.8 Å². The van der Waals surface area contributed by atoms with Gasteiger partial charge in [-0.2, -0.15) is 0 Å². The highest BCUT2D eigenvalue weighted by atomic mass is 32.2. The van der Waals surface area contributed by atoms with E-state index in [1.807, 2.05) is 38.1 Å². The van der Waals surface area contributed by atoms with Crippen molar-refractivity contribution >= 4 is 27.3 Å². The zero-order valence-electron chi connectivity index (χ0n) is 18.9. The third-order valence-electron chi connectivity index (χ3n) is 5.81. The predicted octanol–water partition coefficient (Wildman–Crippen LogP) is 4.28. The lowest BCUT2D eigenvalue weighted by atomic mass is 10.0. The van der Waals surface area contributed by atoms with E-state index in [0.29, 0.717) is 30.6 Å². The second-order valence-corrected chi connectivity index (χ2v) is 10.1. The molecule has 1 aliphatic heterocycles. The second kappa shape index (κ2) is 8.96. The molecule has 0 saturated heterocycles. The Morgan fingerprint density at radius 1 is 1.06 bits per heavy atom. The molecule has 0 aliphatic carbocycles. The average Bonchev–Trinajstić information content (AvgIpc) is 2.94. The number of aryl methyl sites for hydroxylation is 3. The average molecular weight is 466 g/mol. The van der Waals surface area contributed by atoms with E-state index < -0.39 is 16.1 Å². The number of anilines is 2. The van der Waals surface area contributed by atoms with E-state index in [9.17, 15) is 18.3 Å². The van der Waals surface area contributed by atoms with Gasteiger partial charge in [0.15, 0.2) is 0 Å². The lowest BCUT2D eigenvalue weighted by Gasteiger charge is -2.23. The molecular formula is C25H27N3O4S. The van der Waals surface area contributed by atoms with Gasteiger partial charge in [-0.3, -0.25) is 9.52 Å². The van der Waals surface area contributed by atoms with Crippen molar-refractivity contribution in [3.05, 3.63) is 82.7 Å². The van der Waals surface area contributed by atoms with Crippen LogP contribution in [0.3, 0.4) is 0 Å². The van der Waals surface area contributed by atoms with Gasteiger partial charge in [-0.15, -0.1) is 0 Å². The number of pyridine rings is 1. The van der Waals surface area contributed by atoms with E-state index in [-0.39, 0.29) is 22.2 Å². The number of sulfonamides is 1. The number of aromatic nitrogens is 1. The van der Waals surface area contributed by atoms with Crippen LogP contribution in [0.1, 0.15) is 51.7 Å². The van der Waals surface area contributed by atoms with Gasteiger partial charge in [0, 0.05) is 17.8 Å². The molecule has 1 aromatic heterocycles. The van der Waals surface area contributed by atoms with E-state index in [1.54, 1.807) is 24.0 Å². The molecule has 8 heteroatoms. The Bertz CT molecular complexity index is 1300. The number of carbonyl (C=O) groups is 1. The molecule has 33 heavy (non-hydrogen) atoms. The first-order chi connectivity index (χ1) is 15.7. The van der Waals surface area contributed by atoms with Gasteiger partial charge in [0.25, 0.3) is 15.9 Å². The van der Waals surface area contributed by atoms with Crippen LogP contribution in [0.15, 0.2) is 59.6 Å². The Labute approximate surface area is 194 Å². The summed E-state index contributed by atoms with van der Waals surface area (Å²) in [7, 11) is -3.79. The molecule has 172 valence electrons. The van der Waals surface area contributed by atoms with Crippen LogP contribution >= 0.6 is 0 Å². The minimum atomic E-state index is -3.79. The van der Waals surface area contributed by atoms with E-state index in [0.717, 1.165) is 16.7 Å². The molecule has 2 aromatic carbocycles. The van der Waals surface area contributed by atoms with Crippen molar-refractivity contribution in [1.82, 2.24) is 4.98 Å². The van der Waals surface area contributed by atoms with Gasteiger partial charge >= 0.3 is 0 Å². The summed E-state index contributed by atoms with van der Waals surface area (Å²) in [5, 5.41) is 10.5. The summed E-state index contributed by atoms with van der Waals surface area (Å²) in [6, 6.07) is 14.0. The highest BCUT2D eigenvalue weighted by Gasteiger charge is 2.27. The quantitative estimate of drug-likeness (QED) is 0.599. The minimum absolute atomic E-state index is 0.201. The fourth-order valence-electron chi connectivity index (χ4n) is 4.04. The number of aliphatic hydroxyl groups excluding tert-OH is 1. The van der Waals surface area contributed by atoms with E-state index in [4.69, 9.17) is 0 Å². The number of aliphatic hydroxyl groups is 1. The van der Waals surface area contributed by atoms with Gasteiger partial charge < -0.3 is 10.0 Å². The van der Waals surface area contributed by atoms with Gasteiger partial charge in [-0.25, -0.2) is 13.4 Å². The van der Waals surface area contributed by atoms with Crippen LogP contribution in [-0.4, -0.2) is 31.0 Å². The number of rotatable bonds is 4. The van der Waals surface area contributed by atoms with Crippen LogP contribution in [0.4, 0.5) is 11.4 Å². The molecule has 7 nitrogen and oxygen atoms in total. The fourth-order valence-corrected chi connectivity index (χ4v) is 5.42. The summed E-state index contributed by atoms with van der Waals surface area (Å²) in [4.78, 5) is 19.3. The summed E-state index contributed by atoms with van der Waals surface area (Å²) < 4.78 is 28.2. The summed E-state index contributed by atoms with van der Waals surface area (Å²) in [5.74, 6) is -0.293. The maximum atomic E-state index is 13.3. The van der Waals surface area contributed by atoms with Crippen LogP contribution in [-0.2, 0) is 10.0 Å². The molecule has 0 spiro atoms. The van der Waals surface area contributed by atoms with Crippen molar-refractivity contribution in [1.29, 1.82) is 0 Å². The molecular weight excluding hydrogens is 438 g/mol. The maximum absolute atomic E-state index is 13.3. The number of hydrogen-bond acceptors (Lipinski definition) is 5. The Kier molecular flexibility index (Phi) is 6.23. The maximum Gasteiger partial charge on any atom is 0.276 e. The number of fused-ring (bicyclic) bond motifs is 1. The Morgan fingerprint density at radius 3 is 2.52 bits per heavy atom. The first-order valence-corrected chi connectivity index (χ1v) is 12.3. The lowest BCUT2D eigenvalue weighted by Crippen LogP contribution is -2.32. The van der Waals surface area contributed by atoms with Crippen molar-refractivity contribution in [3.63, 3.8) is 0 Å². The normalized spacial score (nSPS) is 16.1. The monoisotopic (exact) mass is 465 g/mol. The molecule has 2 heterocycles. The predicted molar refractivity (Wildman–Crippen MR) is 128 cm³/mol. The minimum Gasteiger partial charge on any atom is -0.388 e. The van der Waals surface area contributed by atoms with Crippen LogP contribution < -0.4 is 9.62 Å². The van der Waals surface area contributed by atoms with Crippen LogP contribution in [0.2, 0.25) is 0 Å². The molecule has 3 aromatic rings. The zero-order chi connectivity index (χ0) is 23.8. The van der Waals surface area contributed by atoms with Gasteiger partial charge in [0.2, 0.25) is 0 Å². The number of nitrogens with one attached hydrogen (secondary N) is 1. The number of benzene rings is 2. The van der Waals surface area contributed by atoms with Gasteiger partial charge in [-0.05, 0) is 69.0 Å². The van der Waals surface area contributed by atoms with Gasteiger partial charge in [0.1, 0.15) is 5.69 Å². The number of nitrogens with zero attached hydrogens (tertiary/aromatic N) is 2. The topological polar surface area (TPSA) is 99.6 Å². The first-order valence-electron chi connectivity index (χ1n) is 10.8. The SMILES string of the molecule is Cc1ccc2c(c1)C(O)CCCN2C(=O)c1ccc(NS(=O)(=O)c2cc(C)ccc2C)cn1. The molecule has 1 unspecified atom stereocenters. The molecule has 2 N–H and O–H groups in total. The summed E-state index contributed by atoms with van der Waals surface area (Å²) in [6.45, 7) is 5.99. The molecule has 0 saturated carbocycles. The smallest absolute Gasteiger partial charge is 0.276 e. The number of hydrogen-bond donors (Lipinski definition) is 2. The molecule has 0 bridgehead atoms. The second-order valence-electron chi connectivity index (χ2n) is 8.48. The van der Waals surface area contributed by atoms with Crippen LogP contribution in [0.5, 0.6) is 0 Å². The lowest BCUT2D eigenvalue weighted by molar-refractivity contribution is 0.0982. The fraction of sp³-hybridized carbons (Fsp3) is 0.280. The van der Waals surface area contributed by atoms with Crippen LogP contribution in [0.25, 0.3) is 0 Å². The van der Waals surface area contributed by atoms with E-state index in [2.05, 4.69) is 9.71 Å². The van der Waals surface area contributed by atoms with Crippen molar-refractivity contribution in [3.8, 4) is 0 Å². The molecule has 1 atom stereocenters. The van der Waals surface area contributed by atoms with Crippen LogP contribution in [0, 0.1) is 20.8 Å². The number of amides is 1. The summed E-state index contributed by atoms with van der Waals surface area (Å²) >= 11 is 0. The molecule has 0 radical (unpaired) electrons. The largest absolute Gasteiger partial charge is 0.388 e. The number of carbonyl (C=O) groups excluding carboxylic acids is 1. The van der Waals surface area contributed by atoms with Crippen molar-refractivity contribution in [2.24, 2.45) is 0 Å². The summed E-state index contributed by atoms with van der Waals surface area (Å²) in [6.07, 6.45) is 1.97. The highest BCUT2D eigenvalue weighted by molar-refractivity contribution is 7.92. The Morgan fingerprint density at radius 2 is 1.79 bits per heavy atom. The van der Waals surface area contributed by atoms with Crippen molar-refractivity contribution < 1.29 is 18.3 Å². The standard InChI is InChI=1S/C25H27N3O4S/c1-16-7-11-22-20(13-16)23(29)5-4-12-28(22)25(30)21-10-9-19(15-26-21)27-33(31,32)24-14-17(2)6-8-18(24)3/h6-11,13-15,23,27,29H,4-5,12H2,1-3H3. The van der Waals surface area contributed by atoms with E-state index in [1.165, 1.54) is 18.3 Å². The molecule has 1 amide bonds. The van der Waals surface area contributed by atoms with E-state index >= 15 is 0 Å². The molecule has 4 rings (SSSR count). The van der Waals surface area contributed by atoms with Gasteiger partial charge in [0.05, 0.1) is 22.9 Å². The van der Waals surface area contributed by atoms with Crippen molar-refractivity contribution in [2.75, 3.05) is 16.2 Å². The first kappa shape index (κ1) is 22.9. The Hall–Kier alpha value is -3.23. The summed E-state index contributed by atoms with van der Waals surface area (Å²) in [5.41, 5.74) is 4.39. The third-order valence-corrected chi connectivity index (χ3v) is 7.33. The third kappa shape index (κ3) is 4.77. The van der Waals surface area contributed by atoms with Crippen molar-refractivity contribution in [2.45, 2.75) is 44.6 Å². The molecule has 1 aliphatic rings. The zero-order valence-corrected chi connectivity index (χ0v) is 19.7. The Balaban J connectivity index is 1.58.